The minimum absolute atomic E-state index is 0.470. The number of nitrogens with zero attached hydrogens (tertiary/aromatic N) is 4. The zero-order valence-electron chi connectivity index (χ0n) is 14.8. The Morgan fingerprint density at radius 3 is 2.76 bits per heavy atom. The summed E-state index contributed by atoms with van der Waals surface area (Å²) in [7, 11) is 0. The predicted octanol–water partition coefficient (Wildman–Crippen LogP) is 2.99. The Kier molecular flexibility index (Phi) is 4.78. The van der Waals surface area contributed by atoms with Gasteiger partial charge in [0.2, 0.25) is 5.95 Å². The van der Waals surface area contributed by atoms with Gasteiger partial charge in [0.1, 0.15) is 11.6 Å². The molecule has 4 heterocycles. The molecule has 132 valence electrons. The SMILES string of the molecule is Cc1ccnc(Nc2cc(C3CCNC3)nc(N3CCCCC3)n2)c1. The number of rotatable bonds is 4. The fourth-order valence-corrected chi connectivity index (χ4v) is 3.60. The van der Waals surface area contributed by atoms with Crippen molar-refractivity contribution in [2.24, 2.45) is 0 Å². The molecule has 1 atom stereocenters. The molecule has 2 N–H and O–H groups in total. The van der Waals surface area contributed by atoms with E-state index < -0.39 is 0 Å². The molecule has 25 heavy (non-hydrogen) atoms. The van der Waals surface area contributed by atoms with Gasteiger partial charge in [-0.2, -0.15) is 4.98 Å². The second-order valence-corrected chi connectivity index (χ2v) is 7.06. The van der Waals surface area contributed by atoms with E-state index in [4.69, 9.17) is 9.97 Å². The second-order valence-electron chi connectivity index (χ2n) is 7.06. The summed E-state index contributed by atoms with van der Waals surface area (Å²) in [6.07, 6.45) is 6.72. The molecule has 0 aromatic carbocycles. The summed E-state index contributed by atoms with van der Waals surface area (Å²) in [6, 6.07) is 6.13. The standard InChI is InChI=1S/C19H26N6/c1-14-5-8-21-17(11-14)23-18-12-16(15-6-7-20-13-15)22-19(24-18)25-9-3-2-4-10-25/h5,8,11-12,15,20H,2-4,6-7,9-10,13H2,1H3,(H,21,22,23,24). The fraction of sp³-hybridized carbons (Fsp3) is 0.526. The predicted molar refractivity (Wildman–Crippen MR) is 101 cm³/mol. The highest BCUT2D eigenvalue weighted by molar-refractivity contribution is 5.55. The Labute approximate surface area is 149 Å². The molecular formula is C19H26N6. The van der Waals surface area contributed by atoms with Crippen LogP contribution in [0.4, 0.5) is 17.6 Å². The normalized spacial score (nSPS) is 20.7. The van der Waals surface area contributed by atoms with E-state index in [1.807, 2.05) is 18.3 Å². The lowest BCUT2D eigenvalue weighted by atomic mass is 10.0. The third-order valence-corrected chi connectivity index (χ3v) is 5.02. The maximum atomic E-state index is 4.91. The summed E-state index contributed by atoms with van der Waals surface area (Å²) in [5.41, 5.74) is 2.32. The largest absolute Gasteiger partial charge is 0.341 e. The van der Waals surface area contributed by atoms with Gasteiger partial charge in [-0.3, -0.25) is 0 Å². The first-order valence-corrected chi connectivity index (χ1v) is 9.32. The van der Waals surface area contributed by atoms with Crippen LogP contribution in [-0.2, 0) is 0 Å². The Hall–Kier alpha value is -2.21. The van der Waals surface area contributed by atoms with Crippen molar-refractivity contribution in [3.63, 3.8) is 0 Å². The first-order chi connectivity index (χ1) is 12.3. The van der Waals surface area contributed by atoms with E-state index in [2.05, 4.69) is 33.5 Å². The molecule has 1 unspecified atom stereocenters. The Morgan fingerprint density at radius 2 is 2.00 bits per heavy atom. The number of aryl methyl sites for hydroxylation is 1. The van der Waals surface area contributed by atoms with E-state index in [0.717, 1.165) is 55.9 Å². The molecule has 0 amide bonds. The summed E-state index contributed by atoms with van der Waals surface area (Å²) in [5, 5.41) is 6.82. The molecule has 4 rings (SSSR count). The van der Waals surface area contributed by atoms with E-state index in [-0.39, 0.29) is 0 Å². The molecule has 2 aliphatic rings. The zero-order chi connectivity index (χ0) is 17.1. The lowest BCUT2D eigenvalue weighted by Crippen LogP contribution is -2.31. The molecule has 6 nitrogen and oxygen atoms in total. The van der Waals surface area contributed by atoms with Gasteiger partial charge in [-0.05, 0) is 56.8 Å². The van der Waals surface area contributed by atoms with Gasteiger partial charge >= 0.3 is 0 Å². The zero-order valence-corrected chi connectivity index (χ0v) is 14.8. The van der Waals surface area contributed by atoms with Crippen LogP contribution in [0.1, 0.15) is 42.9 Å². The first kappa shape index (κ1) is 16.3. The maximum absolute atomic E-state index is 4.91. The van der Waals surface area contributed by atoms with E-state index in [1.54, 1.807) is 0 Å². The lowest BCUT2D eigenvalue weighted by molar-refractivity contribution is 0.566. The van der Waals surface area contributed by atoms with Crippen molar-refractivity contribution in [3.05, 3.63) is 35.7 Å². The number of anilines is 3. The van der Waals surface area contributed by atoms with Crippen LogP contribution >= 0.6 is 0 Å². The van der Waals surface area contributed by atoms with Crippen molar-refractivity contribution in [2.75, 3.05) is 36.4 Å². The van der Waals surface area contributed by atoms with Crippen LogP contribution in [0.15, 0.2) is 24.4 Å². The van der Waals surface area contributed by atoms with E-state index in [1.165, 1.54) is 24.8 Å². The molecule has 0 aliphatic carbocycles. The Balaban J connectivity index is 1.65. The molecule has 0 saturated carbocycles. The molecular weight excluding hydrogens is 312 g/mol. The number of hydrogen-bond donors (Lipinski definition) is 2. The summed E-state index contributed by atoms with van der Waals surface area (Å²) >= 11 is 0. The van der Waals surface area contributed by atoms with Gasteiger partial charge in [-0.1, -0.05) is 0 Å². The highest BCUT2D eigenvalue weighted by Gasteiger charge is 2.22. The van der Waals surface area contributed by atoms with Crippen LogP contribution in [0.3, 0.4) is 0 Å². The van der Waals surface area contributed by atoms with Gasteiger partial charge in [0.25, 0.3) is 0 Å². The number of hydrogen-bond acceptors (Lipinski definition) is 6. The fourth-order valence-electron chi connectivity index (χ4n) is 3.60. The first-order valence-electron chi connectivity index (χ1n) is 9.32. The van der Waals surface area contributed by atoms with Crippen molar-refractivity contribution in [1.82, 2.24) is 20.3 Å². The third-order valence-electron chi connectivity index (χ3n) is 5.02. The van der Waals surface area contributed by atoms with Gasteiger partial charge in [-0.25, -0.2) is 9.97 Å². The second kappa shape index (κ2) is 7.35. The van der Waals surface area contributed by atoms with Crippen LogP contribution in [0, 0.1) is 6.92 Å². The van der Waals surface area contributed by atoms with Crippen LogP contribution < -0.4 is 15.5 Å². The maximum Gasteiger partial charge on any atom is 0.227 e. The van der Waals surface area contributed by atoms with Gasteiger partial charge in [-0.15, -0.1) is 0 Å². The van der Waals surface area contributed by atoms with Crippen molar-refractivity contribution in [1.29, 1.82) is 0 Å². The average molecular weight is 338 g/mol. The number of pyridine rings is 1. The number of piperidine rings is 1. The number of aromatic nitrogens is 3. The van der Waals surface area contributed by atoms with Crippen molar-refractivity contribution >= 4 is 17.6 Å². The minimum atomic E-state index is 0.470. The van der Waals surface area contributed by atoms with E-state index in [0.29, 0.717) is 5.92 Å². The van der Waals surface area contributed by atoms with Crippen LogP contribution in [0.2, 0.25) is 0 Å². The molecule has 2 fully saturated rings. The van der Waals surface area contributed by atoms with Gasteiger partial charge in [0, 0.05) is 37.8 Å². The summed E-state index contributed by atoms with van der Waals surface area (Å²) in [5.74, 6) is 3.01. The van der Waals surface area contributed by atoms with Gasteiger partial charge in [0.05, 0.1) is 5.69 Å². The van der Waals surface area contributed by atoms with Crippen LogP contribution in [0.25, 0.3) is 0 Å². The third kappa shape index (κ3) is 3.90. The molecule has 0 radical (unpaired) electrons. The molecule has 2 saturated heterocycles. The summed E-state index contributed by atoms with van der Waals surface area (Å²) in [4.78, 5) is 16.4. The van der Waals surface area contributed by atoms with Crippen molar-refractivity contribution < 1.29 is 0 Å². The monoisotopic (exact) mass is 338 g/mol. The number of nitrogens with one attached hydrogen (secondary N) is 2. The minimum Gasteiger partial charge on any atom is -0.341 e. The van der Waals surface area contributed by atoms with Crippen LogP contribution in [-0.4, -0.2) is 41.1 Å². The Morgan fingerprint density at radius 1 is 1.12 bits per heavy atom. The smallest absolute Gasteiger partial charge is 0.227 e. The molecule has 2 aliphatic heterocycles. The Bertz CT molecular complexity index is 720. The van der Waals surface area contributed by atoms with E-state index >= 15 is 0 Å². The average Bonchev–Trinajstić information content (AvgIpc) is 3.17. The molecule has 2 aromatic heterocycles. The molecule has 0 bridgehead atoms. The van der Waals surface area contributed by atoms with E-state index in [9.17, 15) is 0 Å². The summed E-state index contributed by atoms with van der Waals surface area (Å²) < 4.78 is 0. The lowest BCUT2D eigenvalue weighted by Gasteiger charge is -2.27. The van der Waals surface area contributed by atoms with Crippen LogP contribution in [0.5, 0.6) is 0 Å². The van der Waals surface area contributed by atoms with Gasteiger partial charge < -0.3 is 15.5 Å². The van der Waals surface area contributed by atoms with Crippen molar-refractivity contribution in [2.45, 2.75) is 38.5 Å². The molecule has 0 spiro atoms. The quantitative estimate of drug-likeness (QED) is 0.893. The summed E-state index contributed by atoms with van der Waals surface area (Å²) in [6.45, 7) is 6.24. The topological polar surface area (TPSA) is 66.0 Å². The molecule has 6 heteroatoms. The molecule has 2 aromatic rings. The highest BCUT2D eigenvalue weighted by atomic mass is 15.3. The van der Waals surface area contributed by atoms with Gasteiger partial charge in [0.15, 0.2) is 0 Å². The van der Waals surface area contributed by atoms with Crippen molar-refractivity contribution in [3.8, 4) is 0 Å². The highest BCUT2D eigenvalue weighted by Crippen LogP contribution is 2.27.